The molecule has 5 heteroatoms. The van der Waals surface area contributed by atoms with E-state index in [1.54, 1.807) is 12.1 Å². The molecule has 0 radical (unpaired) electrons. The molecule has 0 bridgehead atoms. The van der Waals surface area contributed by atoms with Gasteiger partial charge < -0.3 is 10.3 Å². The Bertz CT molecular complexity index is 988. The fourth-order valence-corrected chi connectivity index (χ4v) is 2.87. The van der Waals surface area contributed by atoms with E-state index in [4.69, 9.17) is 0 Å². The Morgan fingerprint density at radius 3 is 2.56 bits per heavy atom. The summed E-state index contributed by atoms with van der Waals surface area (Å²) in [5, 5.41) is 3.65. The molecule has 3 rings (SSSR count). The fraction of sp³-hybridized carbons (Fsp3) is 0.200. The predicted molar refractivity (Wildman–Crippen MR) is 97.4 cm³/mol. The summed E-state index contributed by atoms with van der Waals surface area (Å²) in [7, 11) is 0. The lowest BCUT2D eigenvalue weighted by molar-refractivity contribution is -0.116. The van der Waals surface area contributed by atoms with Crippen molar-refractivity contribution in [3.05, 3.63) is 75.3 Å². The fourth-order valence-electron chi connectivity index (χ4n) is 2.87. The zero-order valence-electron chi connectivity index (χ0n) is 14.2. The zero-order valence-corrected chi connectivity index (χ0v) is 14.2. The number of carbonyl (C=O) groups is 1. The number of amides is 1. The van der Waals surface area contributed by atoms with Crippen LogP contribution < -0.4 is 10.9 Å². The van der Waals surface area contributed by atoms with E-state index in [2.05, 4.69) is 10.3 Å². The average molecular weight is 338 g/mol. The van der Waals surface area contributed by atoms with Crippen LogP contribution in [-0.2, 0) is 11.2 Å². The molecule has 0 fully saturated rings. The number of hydrogen-bond acceptors (Lipinski definition) is 2. The lowest BCUT2D eigenvalue weighted by Crippen LogP contribution is -2.18. The summed E-state index contributed by atoms with van der Waals surface area (Å²) in [6.07, 6.45) is 0.517. The van der Waals surface area contributed by atoms with Gasteiger partial charge in [0.1, 0.15) is 5.82 Å². The van der Waals surface area contributed by atoms with Gasteiger partial charge in [0.15, 0.2) is 0 Å². The van der Waals surface area contributed by atoms with Gasteiger partial charge in [-0.15, -0.1) is 0 Å². The Kier molecular flexibility index (Phi) is 4.65. The maximum atomic E-state index is 13.2. The van der Waals surface area contributed by atoms with Gasteiger partial charge in [-0.05, 0) is 61.0 Å². The van der Waals surface area contributed by atoms with Crippen LogP contribution in [0.1, 0.15) is 23.1 Å². The third-order valence-electron chi connectivity index (χ3n) is 4.25. The Hall–Kier alpha value is -2.95. The standard InChI is InChI=1S/C20H19FN2O2/c1-12-4-3-5-13(2)19(12)23-18(24)9-7-15-10-14-6-8-16(21)11-17(14)22-20(15)25/h3-6,8,10-11H,7,9H2,1-2H3,(H,22,25)(H,23,24). The molecule has 0 aliphatic rings. The number of benzene rings is 2. The first-order valence-corrected chi connectivity index (χ1v) is 8.11. The van der Waals surface area contributed by atoms with Gasteiger partial charge >= 0.3 is 0 Å². The number of aryl methyl sites for hydroxylation is 3. The predicted octanol–water partition coefficient (Wildman–Crippen LogP) is 3.86. The molecule has 0 saturated carbocycles. The molecule has 128 valence electrons. The molecule has 0 unspecified atom stereocenters. The summed E-state index contributed by atoms with van der Waals surface area (Å²) >= 11 is 0. The summed E-state index contributed by atoms with van der Waals surface area (Å²) in [5.74, 6) is -0.542. The molecule has 0 aliphatic heterocycles. The van der Waals surface area contributed by atoms with Crippen molar-refractivity contribution in [2.75, 3.05) is 5.32 Å². The molecule has 0 spiro atoms. The summed E-state index contributed by atoms with van der Waals surface area (Å²) in [5.41, 5.74) is 3.48. The van der Waals surface area contributed by atoms with Crippen molar-refractivity contribution in [3.8, 4) is 0 Å². The highest BCUT2D eigenvalue weighted by Gasteiger charge is 2.10. The van der Waals surface area contributed by atoms with Crippen LogP contribution in [0.15, 0.2) is 47.3 Å². The minimum Gasteiger partial charge on any atom is -0.326 e. The normalized spacial score (nSPS) is 10.8. The van der Waals surface area contributed by atoms with Gasteiger partial charge in [-0.1, -0.05) is 18.2 Å². The number of pyridine rings is 1. The van der Waals surface area contributed by atoms with E-state index < -0.39 is 5.82 Å². The maximum absolute atomic E-state index is 13.2. The number of halogens is 1. The van der Waals surface area contributed by atoms with Crippen molar-refractivity contribution in [2.24, 2.45) is 0 Å². The number of rotatable bonds is 4. The van der Waals surface area contributed by atoms with Gasteiger partial charge in [0, 0.05) is 17.7 Å². The monoisotopic (exact) mass is 338 g/mol. The van der Waals surface area contributed by atoms with E-state index in [0.29, 0.717) is 17.5 Å². The molecule has 1 heterocycles. The van der Waals surface area contributed by atoms with Crippen molar-refractivity contribution >= 4 is 22.5 Å². The molecule has 0 saturated heterocycles. The smallest absolute Gasteiger partial charge is 0.251 e. The van der Waals surface area contributed by atoms with Crippen molar-refractivity contribution in [1.82, 2.24) is 4.98 Å². The summed E-state index contributed by atoms with van der Waals surface area (Å²) in [6.45, 7) is 3.88. The molecule has 1 aromatic heterocycles. The minimum absolute atomic E-state index is 0.143. The SMILES string of the molecule is Cc1cccc(C)c1NC(=O)CCc1cc2ccc(F)cc2[nH]c1=O. The number of nitrogens with one attached hydrogen (secondary N) is 2. The highest BCUT2D eigenvalue weighted by molar-refractivity contribution is 5.92. The molecule has 1 amide bonds. The summed E-state index contributed by atoms with van der Waals surface area (Å²) < 4.78 is 13.2. The lowest BCUT2D eigenvalue weighted by Gasteiger charge is -2.11. The maximum Gasteiger partial charge on any atom is 0.251 e. The van der Waals surface area contributed by atoms with Gasteiger partial charge in [-0.2, -0.15) is 0 Å². The van der Waals surface area contributed by atoms with Gasteiger partial charge in [0.25, 0.3) is 5.56 Å². The van der Waals surface area contributed by atoms with Crippen LogP contribution in [0.2, 0.25) is 0 Å². The largest absolute Gasteiger partial charge is 0.326 e. The number of carbonyl (C=O) groups excluding carboxylic acids is 1. The number of fused-ring (bicyclic) bond motifs is 1. The second-order valence-electron chi connectivity index (χ2n) is 6.17. The number of aromatic amines is 1. The Morgan fingerprint density at radius 1 is 1.12 bits per heavy atom. The van der Waals surface area contributed by atoms with Crippen LogP contribution in [0.3, 0.4) is 0 Å². The third-order valence-corrected chi connectivity index (χ3v) is 4.25. The van der Waals surface area contributed by atoms with E-state index >= 15 is 0 Å². The molecule has 25 heavy (non-hydrogen) atoms. The first kappa shape index (κ1) is 16.9. The first-order chi connectivity index (χ1) is 11.9. The third kappa shape index (κ3) is 3.76. The Labute approximate surface area is 144 Å². The zero-order chi connectivity index (χ0) is 18.0. The molecule has 3 aromatic rings. The van der Waals surface area contributed by atoms with Crippen LogP contribution in [0.5, 0.6) is 0 Å². The molecular formula is C20H19FN2O2. The van der Waals surface area contributed by atoms with E-state index in [-0.39, 0.29) is 17.9 Å². The van der Waals surface area contributed by atoms with E-state index in [0.717, 1.165) is 22.2 Å². The van der Waals surface area contributed by atoms with Crippen LogP contribution in [0.25, 0.3) is 10.9 Å². The second-order valence-corrected chi connectivity index (χ2v) is 6.17. The number of para-hydroxylation sites is 1. The van der Waals surface area contributed by atoms with Gasteiger partial charge in [-0.3, -0.25) is 9.59 Å². The molecule has 4 nitrogen and oxygen atoms in total. The van der Waals surface area contributed by atoms with Crippen molar-refractivity contribution in [2.45, 2.75) is 26.7 Å². The molecular weight excluding hydrogens is 319 g/mol. The molecule has 2 aromatic carbocycles. The summed E-state index contributed by atoms with van der Waals surface area (Å²) in [6, 6.07) is 11.8. The Morgan fingerprint density at radius 2 is 1.84 bits per heavy atom. The van der Waals surface area contributed by atoms with Crippen LogP contribution in [-0.4, -0.2) is 10.9 Å². The number of aromatic nitrogens is 1. The van der Waals surface area contributed by atoms with Crippen molar-refractivity contribution < 1.29 is 9.18 Å². The molecule has 0 atom stereocenters. The number of H-pyrrole nitrogens is 1. The highest BCUT2D eigenvalue weighted by Crippen LogP contribution is 2.20. The van der Waals surface area contributed by atoms with Gasteiger partial charge in [-0.25, -0.2) is 4.39 Å². The van der Waals surface area contributed by atoms with Crippen molar-refractivity contribution in [1.29, 1.82) is 0 Å². The second kappa shape index (κ2) is 6.89. The van der Waals surface area contributed by atoms with E-state index in [9.17, 15) is 14.0 Å². The van der Waals surface area contributed by atoms with Crippen molar-refractivity contribution in [3.63, 3.8) is 0 Å². The highest BCUT2D eigenvalue weighted by atomic mass is 19.1. The quantitative estimate of drug-likeness (QED) is 0.759. The lowest BCUT2D eigenvalue weighted by atomic mass is 10.1. The van der Waals surface area contributed by atoms with Gasteiger partial charge in [0.05, 0.1) is 5.52 Å². The van der Waals surface area contributed by atoms with Gasteiger partial charge in [0.2, 0.25) is 5.91 Å². The van der Waals surface area contributed by atoms with Crippen LogP contribution in [0.4, 0.5) is 10.1 Å². The van der Waals surface area contributed by atoms with Crippen LogP contribution in [0, 0.1) is 19.7 Å². The van der Waals surface area contributed by atoms with E-state index in [1.165, 1.54) is 12.1 Å². The number of hydrogen-bond donors (Lipinski definition) is 2. The first-order valence-electron chi connectivity index (χ1n) is 8.11. The average Bonchev–Trinajstić information content (AvgIpc) is 2.56. The summed E-state index contributed by atoms with van der Waals surface area (Å²) in [4.78, 5) is 27.0. The molecule has 0 aliphatic carbocycles. The van der Waals surface area contributed by atoms with E-state index in [1.807, 2.05) is 32.0 Å². The Balaban J connectivity index is 1.74. The number of anilines is 1. The minimum atomic E-state index is -0.399. The van der Waals surface area contributed by atoms with Crippen LogP contribution >= 0.6 is 0 Å². The topological polar surface area (TPSA) is 62.0 Å². The molecule has 2 N–H and O–H groups in total.